The van der Waals surface area contributed by atoms with E-state index in [4.69, 9.17) is 4.74 Å². The summed E-state index contributed by atoms with van der Waals surface area (Å²) in [6.45, 7) is 2.74. The first kappa shape index (κ1) is 15.8. The molecule has 1 aliphatic carbocycles. The molecule has 1 saturated carbocycles. The number of carbonyl (C=O) groups is 1. The van der Waals surface area contributed by atoms with Gasteiger partial charge in [0, 0.05) is 16.6 Å². The number of nitrogens with one attached hydrogen (secondary N) is 1. The van der Waals surface area contributed by atoms with E-state index in [1.807, 2.05) is 30.0 Å². The molecular formula is C17H23BrN2O2. The Labute approximate surface area is 140 Å². The molecule has 1 aliphatic heterocycles. The maximum absolute atomic E-state index is 13.0. The van der Waals surface area contributed by atoms with Crippen molar-refractivity contribution in [1.29, 1.82) is 0 Å². The van der Waals surface area contributed by atoms with E-state index in [1.165, 1.54) is 6.42 Å². The molecule has 1 atom stereocenters. The highest BCUT2D eigenvalue weighted by molar-refractivity contribution is 9.10. The molecule has 2 fully saturated rings. The summed E-state index contributed by atoms with van der Waals surface area (Å²) in [6.07, 6.45) is 5.25. The van der Waals surface area contributed by atoms with E-state index in [9.17, 15) is 4.79 Å². The second-order valence-electron chi connectivity index (χ2n) is 6.17. The summed E-state index contributed by atoms with van der Waals surface area (Å²) in [5, 5.41) is 3.65. The van der Waals surface area contributed by atoms with Gasteiger partial charge in [-0.3, -0.25) is 10.1 Å². The second kappa shape index (κ2) is 6.20. The standard InChI is InChI=1S/C17H23BrN2O2/c1-3-20-15(13-11-12(18)7-8-14(13)22-2)19-17(16(20)21)9-5-4-6-10-17/h7-8,11,15,19H,3-6,9-10H2,1-2H3. The first-order chi connectivity index (χ1) is 10.6. The summed E-state index contributed by atoms with van der Waals surface area (Å²) in [5.41, 5.74) is 0.654. The second-order valence-corrected chi connectivity index (χ2v) is 7.08. The normalized spacial score (nSPS) is 24.0. The van der Waals surface area contributed by atoms with Crippen molar-refractivity contribution in [2.24, 2.45) is 0 Å². The summed E-state index contributed by atoms with van der Waals surface area (Å²) >= 11 is 3.53. The van der Waals surface area contributed by atoms with Crippen molar-refractivity contribution in [3.8, 4) is 5.75 Å². The third-order valence-electron chi connectivity index (χ3n) is 4.93. The Morgan fingerprint density at radius 1 is 1.36 bits per heavy atom. The van der Waals surface area contributed by atoms with Gasteiger partial charge in [0.15, 0.2) is 0 Å². The van der Waals surface area contributed by atoms with Crippen LogP contribution in [-0.2, 0) is 4.79 Å². The van der Waals surface area contributed by atoms with Gasteiger partial charge in [0.05, 0.1) is 12.6 Å². The lowest BCUT2D eigenvalue weighted by Gasteiger charge is -2.31. The Morgan fingerprint density at radius 2 is 2.09 bits per heavy atom. The molecule has 1 aromatic rings. The molecule has 22 heavy (non-hydrogen) atoms. The zero-order valence-corrected chi connectivity index (χ0v) is 14.8. The Hall–Kier alpha value is -1.07. The monoisotopic (exact) mass is 366 g/mol. The van der Waals surface area contributed by atoms with Crippen LogP contribution in [0.25, 0.3) is 0 Å². The fourth-order valence-electron chi connectivity index (χ4n) is 3.80. The van der Waals surface area contributed by atoms with Crippen LogP contribution in [0.4, 0.5) is 0 Å². The average molecular weight is 367 g/mol. The number of amides is 1. The molecule has 120 valence electrons. The molecular weight excluding hydrogens is 344 g/mol. The number of nitrogens with zero attached hydrogens (tertiary/aromatic N) is 1. The number of benzene rings is 1. The third-order valence-corrected chi connectivity index (χ3v) is 5.42. The maximum atomic E-state index is 13.0. The predicted molar refractivity (Wildman–Crippen MR) is 89.8 cm³/mol. The van der Waals surface area contributed by atoms with Crippen LogP contribution in [0.2, 0.25) is 0 Å². The first-order valence-electron chi connectivity index (χ1n) is 8.03. The van der Waals surface area contributed by atoms with E-state index in [2.05, 4.69) is 21.2 Å². The van der Waals surface area contributed by atoms with Crippen LogP contribution in [0.15, 0.2) is 22.7 Å². The number of hydrogen-bond acceptors (Lipinski definition) is 3. The summed E-state index contributed by atoms with van der Waals surface area (Å²) in [4.78, 5) is 14.9. The van der Waals surface area contributed by atoms with Crippen LogP contribution >= 0.6 is 15.9 Å². The fraction of sp³-hybridized carbons (Fsp3) is 0.588. The Morgan fingerprint density at radius 3 is 2.73 bits per heavy atom. The third kappa shape index (κ3) is 2.54. The van der Waals surface area contributed by atoms with Gasteiger partial charge in [-0.05, 0) is 38.0 Å². The summed E-state index contributed by atoms with van der Waals surface area (Å²) in [6, 6.07) is 5.96. The smallest absolute Gasteiger partial charge is 0.244 e. The first-order valence-corrected chi connectivity index (χ1v) is 8.83. The molecule has 2 aliphatic rings. The van der Waals surface area contributed by atoms with Crippen molar-refractivity contribution >= 4 is 21.8 Å². The Balaban J connectivity index is 1.99. The molecule has 5 heteroatoms. The maximum Gasteiger partial charge on any atom is 0.244 e. The van der Waals surface area contributed by atoms with Crippen LogP contribution in [0.5, 0.6) is 5.75 Å². The number of hydrogen-bond donors (Lipinski definition) is 1. The zero-order chi connectivity index (χ0) is 15.7. The quantitative estimate of drug-likeness (QED) is 0.888. The van der Waals surface area contributed by atoms with E-state index in [0.29, 0.717) is 6.54 Å². The molecule has 1 heterocycles. The molecule has 0 bridgehead atoms. The van der Waals surface area contributed by atoms with Gasteiger partial charge in [-0.2, -0.15) is 0 Å². The van der Waals surface area contributed by atoms with E-state index < -0.39 is 0 Å². The summed E-state index contributed by atoms with van der Waals surface area (Å²) in [5.74, 6) is 1.07. The van der Waals surface area contributed by atoms with E-state index in [0.717, 1.165) is 41.5 Å². The van der Waals surface area contributed by atoms with Crippen molar-refractivity contribution in [2.75, 3.05) is 13.7 Å². The van der Waals surface area contributed by atoms with Crippen molar-refractivity contribution in [2.45, 2.75) is 50.7 Å². The van der Waals surface area contributed by atoms with Gasteiger partial charge in [-0.25, -0.2) is 0 Å². The predicted octanol–water partition coefficient (Wildman–Crippen LogP) is 3.61. The molecule has 1 unspecified atom stereocenters. The molecule has 1 N–H and O–H groups in total. The van der Waals surface area contributed by atoms with Gasteiger partial charge in [0.25, 0.3) is 0 Å². The molecule has 1 spiro atoms. The summed E-state index contributed by atoms with van der Waals surface area (Å²) in [7, 11) is 1.68. The highest BCUT2D eigenvalue weighted by atomic mass is 79.9. The topological polar surface area (TPSA) is 41.6 Å². The van der Waals surface area contributed by atoms with Gasteiger partial charge in [0.1, 0.15) is 11.9 Å². The molecule has 1 amide bonds. The SMILES string of the molecule is CCN1C(=O)C2(CCCCC2)NC1c1cc(Br)ccc1OC. The van der Waals surface area contributed by atoms with E-state index in [1.54, 1.807) is 7.11 Å². The minimum Gasteiger partial charge on any atom is -0.496 e. The van der Waals surface area contributed by atoms with Crippen LogP contribution in [0.3, 0.4) is 0 Å². The number of methoxy groups -OCH3 is 1. The van der Waals surface area contributed by atoms with Crippen LogP contribution in [-0.4, -0.2) is 30.0 Å². The van der Waals surface area contributed by atoms with Gasteiger partial charge < -0.3 is 9.64 Å². The number of carbonyl (C=O) groups excluding carboxylic acids is 1. The lowest BCUT2D eigenvalue weighted by Crippen LogP contribution is -2.48. The lowest BCUT2D eigenvalue weighted by molar-refractivity contribution is -0.134. The lowest BCUT2D eigenvalue weighted by atomic mass is 9.81. The molecule has 0 radical (unpaired) electrons. The van der Waals surface area contributed by atoms with Crippen molar-refractivity contribution in [1.82, 2.24) is 10.2 Å². The number of likely N-dealkylation sites (N-methyl/N-ethyl adjacent to an activating group) is 1. The Bertz CT molecular complexity index is 570. The van der Waals surface area contributed by atoms with E-state index >= 15 is 0 Å². The Kier molecular flexibility index (Phi) is 4.46. The van der Waals surface area contributed by atoms with Crippen molar-refractivity contribution in [3.63, 3.8) is 0 Å². The van der Waals surface area contributed by atoms with E-state index in [-0.39, 0.29) is 17.6 Å². The highest BCUT2D eigenvalue weighted by Crippen LogP contribution is 2.42. The number of rotatable bonds is 3. The van der Waals surface area contributed by atoms with Gasteiger partial charge in [-0.15, -0.1) is 0 Å². The zero-order valence-electron chi connectivity index (χ0n) is 13.2. The molecule has 3 rings (SSSR count). The van der Waals surface area contributed by atoms with Crippen LogP contribution in [0.1, 0.15) is 50.8 Å². The molecule has 1 aromatic carbocycles. The van der Waals surface area contributed by atoms with Crippen LogP contribution < -0.4 is 10.1 Å². The fourth-order valence-corrected chi connectivity index (χ4v) is 4.18. The van der Waals surface area contributed by atoms with Crippen LogP contribution in [0, 0.1) is 0 Å². The summed E-state index contributed by atoms with van der Waals surface area (Å²) < 4.78 is 6.52. The number of halogens is 1. The van der Waals surface area contributed by atoms with Crippen molar-refractivity contribution < 1.29 is 9.53 Å². The molecule has 4 nitrogen and oxygen atoms in total. The average Bonchev–Trinajstić information content (AvgIpc) is 2.80. The van der Waals surface area contributed by atoms with Crippen molar-refractivity contribution in [3.05, 3.63) is 28.2 Å². The van der Waals surface area contributed by atoms with Gasteiger partial charge in [0.2, 0.25) is 5.91 Å². The van der Waals surface area contributed by atoms with Gasteiger partial charge >= 0.3 is 0 Å². The molecule has 0 aromatic heterocycles. The van der Waals surface area contributed by atoms with Gasteiger partial charge in [-0.1, -0.05) is 35.2 Å². The number of ether oxygens (including phenoxy) is 1. The highest BCUT2D eigenvalue weighted by Gasteiger charge is 2.51. The molecule has 1 saturated heterocycles. The minimum atomic E-state index is -0.369. The largest absolute Gasteiger partial charge is 0.496 e. The minimum absolute atomic E-state index is 0.108.